The Bertz CT molecular complexity index is 498. The Morgan fingerprint density at radius 2 is 2.20 bits per heavy atom. The lowest BCUT2D eigenvalue weighted by atomic mass is 9.64. The Morgan fingerprint density at radius 1 is 1.50 bits per heavy atom. The van der Waals surface area contributed by atoms with Gasteiger partial charge in [-0.05, 0) is 37.5 Å². The number of halogens is 1. The molecule has 0 aliphatic heterocycles. The molecule has 1 aliphatic carbocycles. The standard InChI is InChI=1S/C15H20ClNO3/c1-14(20,10-18)9-17-13(19)15(6-3-7-15)11-4-2-5-12(16)8-11/h2,4-5,8,18,20H,3,6-7,9-10H2,1H3,(H,17,19). The van der Waals surface area contributed by atoms with E-state index in [9.17, 15) is 9.90 Å². The number of amides is 1. The van der Waals surface area contributed by atoms with Gasteiger partial charge >= 0.3 is 0 Å². The predicted octanol–water partition coefficient (Wildman–Crippen LogP) is 1.62. The summed E-state index contributed by atoms with van der Waals surface area (Å²) in [6, 6.07) is 7.36. The van der Waals surface area contributed by atoms with Crippen LogP contribution in [0, 0.1) is 0 Å². The lowest BCUT2D eigenvalue weighted by Gasteiger charge is -2.41. The first-order valence-electron chi connectivity index (χ1n) is 6.77. The van der Waals surface area contributed by atoms with Gasteiger partial charge in [-0.15, -0.1) is 0 Å². The van der Waals surface area contributed by atoms with Gasteiger partial charge in [0.2, 0.25) is 5.91 Å². The number of hydrogen-bond donors (Lipinski definition) is 3. The smallest absolute Gasteiger partial charge is 0.230 e. The van der Waals surface area contributed by atoms with Gasteiger partial charge < -0.3 is 15.5 Å². The van der Waals surface area contributed by atoms with Gasteiger partial charge in [0.05, 0.1) is 12.0 Å². The van der Waals surface area contributed by atoms with Crippen LogP contribution in [0.4, 0.5) is 0 Å². The number of carbonyl (C=O) groups excluding carboxylic acids is 1. The Kier molecular flexibility index (Phi) is 4.37. The summed E-state index contributed by atoms with van der Waals surface area (Å²) >= 11 is 6.00. The zero-order chi connectivity index (χ0) is 14.8. The fourth-order valence-corrected chi connectivity index (χ4v) is 2.65. The van der Waals surface area contributed by atoms with E-state index in [0.717, 1.165) is 24.8 Å². The molecule has 4 nitrogen and oxygen atoms in total. The van der Waals surface area contributed by atoms with E-state index in [1.165, 1.54) is 6.92 Å². The van der Waals surface area contributed by atoms with E-state index < -0.39 is 17.6 Å². The van der Waals surface area contributed by atoms with Crippen LogP contribution in [0.1, 0.15) is 31.7 Å². The lowest BCUT2D eigenvalue weighted by molar-refractivity contribution is -0.131. The van der Waals surface area contributed by atoms with E-state index in [2.05, 4.69) is 5.32 Å². The molecule has 110 valence electrons. The normalized spacial score (nSPS) is 19.8. The van der Waals surface area contributed by atoms with E-state index in [4.69, 9.17) is 16.7 Å². The van der Waals surface area contributed by atoms with Crippen molar-refractivity contribution in [2.24, 2.45) is 0 Å². The first-order chi connectivity index (χ1) is 9.39. The largest absolute Gasteiger partial charge is 0.393 e. The van der Waals surface area contributed by atoms with Gasteiger partial charge in [-0.25, -0.2) is 0 Å². The maximum Gasteiger partial charge on any atom is 0.230 e. The van der Waals surface area contributed by atoms with Gasteiger partial charge in [-0.3, -0.25) is 4.79 Å². The molecule has 0 bridgehead atoms. The maximum absolute atomic E-state index is 12.5. The van der Waals surface area contributed by atoms with Crippen LogP contribution < -0.4 is 5.32 Å². The van der Waals surface area contributed by atoms with Crippen LogP contribution in [-0.4, -0.2) is 34.9 Å². The molecule has 1 fully saturated rings. The third kappa shape index (κ3) is 2.97. The van der Waals surface area contributed by atoms with Gasteiger partial charge in [0.15, 0.2) is 0 Å². The minimum absolute atomic E-state index is 0.0324. The van der Waals surface area contributed by atoms with Gasteiger partial charge in [0.1, 0.15) is 5.60 Å². The zero-order valence-corrected chi connectivity index (χ0v) is 12.3. The van der Waals surface area contributed by atoms with Crippen molar-refractivity contribution in [2.45, 2.75) is 37.2 Å². The fourth-order valence-electron chi connectivity index (χ4n) is 2.46. The van der Waals surface area contributed by atoms with E-state index in [0.29, 0.717) is 5.02 Å². The van der Waals surface area contributed by atoms with Crippen molar-refractivity contribution < 1.29 is 15.0 Å². The summed E-state index contributed by atoms with van der Waals surface area (Å²) in [5, 5.41) is 22.1. The number of aliphatic hydroxyl groups is 2. The van der Waals surface area contributed by atoms with Gasteiger partial charge in [-0.1, -0.05) is 30.2 Å². The summed E-state index contributed by atoms with van der Waals surface area (Å²) in [5.74, 6) is -0.111. The summed E-state index contributed by atoms with van der Waals surface area (Å²) in [6.45, 7) is 1.13. The molecule has 1 aliphatic rings. The van der Waals surface area contributed by atoms with Crippen LogP contribution in [0.5, 0.6) is 0 Å². The zero-order valence-electron chi connectivity index (χ0n) is 11.5. The van der Waals surface area contributed by atoms with E-state index in [1.807, 2.05) is 18.2 Å². The van der Waals surface area contributed by atoms with Crippen molar-refractivity contribution in [1.82, 2.24) is 5.32 Å². The average Bonchev–Trinajstić information content (AvgIpc) is 2.35. The van der Waals surface area contributed by atoms with E-state index in [1.54, 1.807) is 6.07 Å². The second kappa shape index (κ2) is 5.72. The molecule has 0 spiro atoms. The highest BCUT2D eigenvalue weighted by Gasteiger charge is 2.45. The third-order valence-electron chi connectivity index (χ3n) is 3.99. The number of rotatable bonds is 5. The van der Waals surface area contributed by atoms with Gasteiger partial charge in [-0.2, -0.15) is 0 Å². The van der Waals surface area contributed by atoms with Crippen LogP contribution in [-0.2, 0) is 10.2 Å². The second-order valence-electron chi connectivity index (χ2n) is 5.78. The average molecular weight is 298 g/mol. The van der Waals surface area contributed by atoms with Crippen molar-refractivity contribution in [3.63, 3.8) is 0 Å². The third-order valence-corrected chi connectivity index (χ3v) is 4.22. The molecule has 3 N–H and O–H groups in total. The molecule has 5 heteroatoms. The molecule has 1 aromatic rings. The molecular formula is C15H20ClNO3. The summed E-state index contributed by atoms with van der Waals surface area (Å²) in [7, 11) is 0. The van der Waals surface area contributed by atoms with E-state index >= 15 is 0 Å². The molecule has 0 saturated heterocycles. The quantitative estimate of drug-likeness (QED) is 0.773. The molecule has 1 atom stereocenters. The van der Waals surface area contributed by atoms with Crippen molar-refractivity contribution in [1.29, 1.82) is 0 Å². The first-order valence-corrected chi connectivity index (χ1v) is 7.15. The first kappa shape index (κ1) is 15.3. The molecule has 1 amide bonds. The van der Waals surface area contributed by atoms with Crippen LogP contribution >= 0.6 is 11.6 Å². The van der Waals surface area contributed by atoms with Crippen LogP contribution in [0.3, 0.4) is 0 Å². The summed E-state index contributed by atoms with van der Waals surface area (Å²) in [4.78, 5) is 12.5. The maximum atomic E-state index is 12.5. The minimum Gasteiger partial charge on any atom is -0.393 e. The topological polar surface area (TPSA) is 69.6 Å². The Labute approximate surface area is 123 Å². The molecule has 0 heterocycles. The molecular weight excluding hydrogens is 278 g/mol. The van der Waals surface area contributed by atoms with E-state index in [-0.39, 0.29) is 12.5 Å². The predicted molar refractivity (Wildman–Crippen MR) is 77.7 cm³/mol. The number of hydrogen-bond acceptors (Lipinski definition) is 3. The highest BCUT2D eigenvalue weighted by Crippen LogP contribution is 2.44. The van der Waals surface area contributed by atoms with Crippen LogP contribution in [0.15, 0.2) is 24.3 Å². The van der Waals surface area contributed by atoms with Gasteiger partial charge in [0, 0.05) is 11.6 Å². The second-order valence-corrected chi connectivity index (χ2v) is 6.22. The molecule has 1 aromatic carbocycles. The summed E-state index contributed by atoms with van der Waals surface area (Å²) < 4.78 is 0. The van der Waals surface area contributed by atoms with Crippen LogP contribution in [0.2, 0.25) is 5.02 Å². The van der Waals surface area contributed by atoms with Crippen molar-refractivity contribution >= 4 is 17.5 Å². The fraction of sp³-hybridized carbons (Fsp3) is 0.533. The van der Waals surface area contributed by atoms with Crippen molar-refractivity contribution in [3.8, 4) is 0 Å². The highest BCUT2D eigenvalue weighted by molar-refractivity contribution is 6.30. The number of aliphatic hydroxyl groups excluding tert-OH is 1. The highest BCUT2D eigenvalue weighted by atomic mass is 35.5. The number of carbonyl (C=O) groups is 1. The minimum atomic E-state index is -1.30. The van der Waals surface area contributed by atoms with Gasteiger partial charge in [0.25, 0.3) is 0 Å². The molecule has 0 radical (unpaired) electrons. The molecule has 2 rings (SSSR count). The SMILES string of the molecule is CC(O)(CO)CNC(=O)C1(c2cccc(Cl)c2)CCC1. The van der Waals surface area contributed by atoms with Crippen LogP contribution in [0.25, 0.3) is 0 Å². The molecule has 0 aromatic heterocycles. The molecule has 1 unspecified atom stereocenters. The Morgan fingerprint density at radius 3 is 2.70 bits per heavy atom. The number of benzene rings is 1. The van der Waals surface area contributed by atoms with Crippen molar-refractivity contribution in [3.05, 3.63) is 34.9 Å². The van der Waals surface area contributed by atoms with Crippen molar-refractivity contribution in [2.75, 3.05) is 13.2 Å². The summed E-state index contributed by atoms with van der Waals surface area (Å²) in [6.07, 6.45) is 2.55. The lowest BCUT2D eigenvalue weighted by Crippen LogP contribution is -2.53. The Balaban J connectivity index is 2.13. The Hall–Kier alpha value is -1.10. The number of nitrogens with one attached hydrogen (secondary N) is 1. The molecule has 20 heavy (non-hydrogen) atoms. The molecule has 1 saturated carbocycles. The summed E-state index contributed by atoms with van der Waals surface area (Å²) in [5.41, 5.74) is -0.928. The monoisotopic (exact) mass is 297 g/mol.